The van der Waals surface area contributed by atoms with E-state index in [2.05, 4.69) is 15.9 Å². The van der Waals surface area contributed by atoms with E-state index in [4.69, 9.17) is 5.50 Å². The molecule has 0 aliphatic rings. The molecule has 0 fully saturated rings. The molecule has 3 heteroatoms. The van der Waals surface area contributed by atoms with E-state index in [1.54, 1.807) is 0 Å². The normalized spacial score (nSPS) is 10.8. The largest absolute Gasteiger partial charge is 0.312 e. The quantitative estimate of drug-likeness (QED) is 0.467. The minimum absolute atomic E-state index is 0.611. The van der Waals surface area contributed by atoms with Gasteiger partial charge in [-0.1, -0.05) is 24.7 Å². The van der Waals surface area contributed by atoms with Crippen LogP contribution in [-0.2, 0) is 0 Å². The van der Waals surface area contributed by atoms with Crippen molar-refractivity contribution in [2.45, 2.75) is 0 Å². The highest BCUT2D eigenvalue weighted by atomic mass is 79.9. The van der Waals surface area contributed by atoms with Gasteiger partial charge in [-0.2, -0.15) is 0 Å². The van der Waals surface area contributed by atoms with Gasteiger partial charge in [-0.25, -0.2) is 0 Å². The zero-order valence-electron chi connectivity index (χ0n) is 2.87. The van der Waals surface area contributed by atoms with Gasteiger partial charge < -0.3 is 5.50 Å². The number of hydrogen-bond donors (Lipinski definition) is 1. The molecule has 0 rings (SSSR count). The summed E-state index contributed by atoms with van der Waals surface area (Å²) in [5.41, 5.74) is 5.14. The Morgan fingerprint density at radius 2 is 2.40 bits per heavy atom. The Kier molecular flexibility index (Phi) is 5.72. The number of alkyl halides is 1. The third kappa shape index (κ3) is 4.87. The summed E-state index contributed by atoms with van der Waals surface area (Å²) in [5, 5.41) is 1.04. The van der Waals surface area contributed by atoms with Gasteiger partial charge in [0, 0.05) is 5.33 Å². The second-order valence-electron chi connectivity index (χ2n) is 0.643. The monoisotopic (exact) mass is 155 g/mol. The summed E-state index contributed by atoms with van der Waals surface area (Å²) in [6.07, 6.45) is 1.11. The number of rotatable bonds is 2. The maximum Gasteiger partial charge on any atom is 0.00800 e. The van der Waals surface area contributed by atoms with Crippen LogP contribution in [0.15, 0.2) is 0 Å². The van der Waals surface area contributed by atoms with Gasteiger partial charge >= 0.3 is 0 Å². The molecule has 0 bridgehead atoms. The fraction of sp³-hybridized carbons (Fsp3) is 1.00. The summed E-state index contributed by atoms with van der Waals surface area (Å²) >= 11 is 3.24. The standard InChI is InChI=1S/C2H7BrNP/c3-1-2-5-4/h5H,1-2,4H2. The van der Waals surface area contributed by atoms with Gasteiger partial charge in [0.25, 0.3) is 0 Å². The Balaban J connectivity index is 2.19. The average molecular weight is 156 g/mol. The van der Waals surface area contributed by atoms with E-state index in [-0.39, 0.29) is 0 Å². The number of hydrogen-bond acceptors (Lipinski definition) is 1. The lowest BCUT2D eigenvalue weighted by atomic mass is 11.0. The lowest BCUT2D eigenvalue weighted by molar-refractivity contribution is 1.56. The molecule has 0 saturated heterocycles. The van der Waals surface area contributed by atoms with E-state index in [1.165, 1.54) is 0 Å². The first-order valence-corrected chi connectivity index (χ1v) is 3.82. The van der Waals surface area contributed by atoms with Crippen molar-refractivity contribution in [1.29, 1.82) is 0 Å². The van der Waals surface area contributed by atoms with Crippen molar-refractivity contribution in [2.24, 2.45) is 5.50 Å². The van der Waals surface area contributed by atoms with Crippen molar-refractivity contribution in [3.63, 3.8) is 0 Å². The second-order valence-corrected chi connectivity index (χ2v) is 2.34. The van der Waals surface area contributed by atoms with Crippen LogP contribution in [0.25, 0.3) is 0 Å². The molecule has 5 heavy (non-hydrogen) atoms. The molecule has 0 aliphatic carbocycles. The smallest absolute Gasteiger partial charge is 0.00800 e. The highest BCUT2D eigenvalue weighted by molar-refractivity contribution is 9.09. The summed E-state index contributed by atoms with van der Waals surface area (Å²) in [5.74, 6) is 0. The predicted octanol–water partition coefficient (Wildman–Crippen LogP) is 0.933. The third-order valence-electron chi connectivity index (χ3n) is 0.239. The van der Waals surface area contributed by atoms with E-state index in [0.29, 0.717) is 8.73 Å². The fourth-order valence-electron chi connectivity index (χ4n) is 0.0546. The molecule has 32 valence electrons. The molecule has 1 nitrogen and oxygen atoms in total. The van der Waals surface area contributed by atoms with Gasteiger partial charge in [0.15, 0.2) is 0 Å². The summed E-state index contributed by atoms with van der Waals surface area (Å²) in [6.45, 7) is 0. The van der Waals surface area contributed by atoms with Crippen molar-refractivity contribution < 1.29 is 0 Å². The van der Waals surface area contributed by atoms with Crippen LogP contribution in [0.1, 0.15) is 0 Å². The van der Waals surface area contributed by atoms with Gasteiger partial charge in [-0.3, -0.25) is 0 Å². The van der Waals surface area contributed by atoms with E-state index < -0.39 is 0 Å². The molecule has 0 radical (unpaired) electrons. The topological polar surface area (TPSA) is 26.0 Å². The van der Waals surface area contributed by atoms with Crippen LogP contribution in [0.2, 0.25) is 0 Å². The molecule has 0 aromatic heterocycles. The first kappa shape index (κ1) is 5.87. The van der Waals surface area contributed by atoms with Crippen molar-refractivity contribution in [3.05, 3.63) is 0 Å². The Morgan fingerprint density at radius 3 is 2.40 bits per heavy atom. The van der Waals surface area contributed by atoms with Gasteiger partial charge in [0.05, 0.1) is 0 Å². The molecule has 1 atom stereocenters. The molecule has 0 aromatic carbocycles. The molecule has 0 heterocycles. The van der Waals surface area contributed by atoms with Crippen LogP contribution in [0.4, 0.5) is 0 Å². The Hall–Kier alpha value is 0.870. The van der Waals surface area contributed by atoms with Crippen molar-refractivity contribution in [1.82, 2.24) is 0 Å². The zero-order chi connectivity index (χ0) is 4.12. The fourth-order valence-corrected chi connectivity index (χ4v) is 0.850. The van der Waals surface area contributed by atoms with E-state index in [1.807, 2.05) is 0 Å². The lowest BCUT2D eigenvalue weighted by Gasteiger charge is -1.79. The van der Waals surface area contributed by atoms with Crippen LogP contribution in [0.5, 0.6) is 0 Å². The predicted molar refractivity (Wildman–Crippen MR) is 31.2 cm³/mol. The third-order valence-corrected chi connectivity index (χ3v) is 1.91. The Labute approximate surface area is 42.3 Å². The molecule has 0 amide bonds. The molecule has 0 aliphatic heterocycles. The first-order valence-electron chi connectivity index (χ1n) is 1.41. The summed E-state index contributed by atoms with van der Waals surface area (Å²) in [4.78, 5) is 0. The van der Waals surface area contributed by atoms with Crippen LogP contribution < -0.4 is 5.50 Å². The van der Waals surface area contributed by atoms with Crippen molar-refractivity contribution in [3.8, 4) is 0 Å². The SMILES string of the molecule is NPCCBr. The minimum atomic E-state index is 0.611. The Bertz CT molecular complexity index is 17.1. The van der Waals surface area contributed by atoms with Crippen LogP contribution >= 0.6 is 24.7 Å². The van der Waals surface area contributed by atoms with Crippen LogP contribution in [0, 0.1) is 0 Å². The zero-order valence-corrected chi connectivity index (χ0v) is 5.46. The number of nitrogens with two attached hydrogens (primary N) is 1. The van der Waals surface area contributed by atoms with Crippen LogP contribution in [0.3, 0.4) is 0 Å². The Morgan fingerprint density at radius 1 is 1.80 bits per heavy atom. The molecular formula is C2H7BrNP. The van der Waals surface area contributed by atoms with Crippen molar-refractivity contribution in [2.75, 3.05) is 11.5 Å². The summed E-state index contributed by atoms with van der Waals surface area (Å²) in [7, 11) is 0.611. The van der Waals surface area contributed by atoms with Gasteiger partial charge in [0.1, 0.15) is 0 Å². The van der Waals surface area contributed by atoms with E-state index >= 15 is 0 Å². The molecule has 1 unspecified atom stereocenters. The van der Waals surface area contributed by atoms with Crippen LogP contribution in [-0.4, -0.2) is 11.5 Å². The van der Waals surface area contributed by atoms with Gasteiger partial charge in [0.2, 0.25) is 0 Å². The second kappa shape index (κ2) is 4.87. The first-order chi connectivity index (χ1) is 2.41. The molecule has 2 N–H and O–H groups in total. The molecule has 0 saturated carbocycles. The van der Waals surface area contributed by atoms with Crippen molar-refractivity contribution >= 4 is 24.7 Å². The van der Waals surface area contributed by atoms with Gasteiger partial charge in [-0.05, 0) is 6.16 Å². The van der Waals surface area contributed by atoms with E-state index in [9.17, 15) is 0 Å². The highest BCUT2D eigenvalue weighted by Crippen LogP contribution is 1.95. The highest BCUT2D eigenvalue weighted by Gasteiger charge is 1.69. The molecular weight excluding hydrogens is 149 g/mol. The van der Waals surface area contributed by atoms with E-state index in [0.717, 1.165) is 11.5 Å². The molecule has 0 aromatic rings. The minimum Gasteiger partial charge on any atom is -0.312 e. The molecule has 0 spiro atoms. The lowest BCUT2D eigenvalue weighted by Crippen LogP contribution is -1.78. The maximum absolute atomic E-state index is 5.14. The average Bonchev–Trinajstić information content (AvgIpc) is 1.41. The van der Waals surface area contributed by atoms with Gasteiger partial charge in [-0.15, -0.1) is 0 Å². The summed E-state index contributed by atoms with van der Waals surface area (Å²) in [6, 6.07) is 0. The summed E-state index contributed by atoms with van der Waals surface area (Å²) < 4.78 is 0. The maximum atomic E-state index is 5.14. The number of halogens is 1.